The Hall–Kier alpha value is -2.92. The fourth-order valence-electron chi connectivity index (χ4n) is 2.47. The van der Waals surface area contributed by atoms with Crippen molar-refractivity contribution in [2.24, 2.45) is 0 Å². The van der Waals surface area contributed by atoms with Gasteiger partial charge in [0.25, 0.3) is 5.91 Å². The van der Waals surface area contributed by atoms with E-state index in [1.165, 1.54) is 0 Å². The molecule has 0 unspecified atom stereocenters. The van der Waals surface area contributed by atoms with Crippen LogP contribution in [0.1, 0.15) is 28.8 Å². The minimum atomic E-state index is -0.785. The molecule has 0 aromatic heterocycles. The molecule has 0 radical (unpaired) electrons. The Morgan fingerprint density at radius 3 is 2.24 bits per heavy atom. The van der Waals surface area contributed by atoms with Crippen LogP contribution in [0.2, 0.25) is 0 Å². The molecule has 0 heterocycles. The number of benzene rings is 2. The number of amides is 1. The second-order valence-electron chi connectivity index (χ2n) is 5.37. The first kappa shape index (κ1) is 18.4. The van der Waals surface area contributed by atoms with Crippen LogP contribution in [0.25, 0.3) is 0 Å². The molecule has 5 heteroatoms. The van der Waals surface area contributed by atoms with Crippen LogP contribution >= 0.6 is 0 Å². The van der Waals surface area contributed by atoms with Crippen LogP contribution in [-0.2, 0) is 9.53 Å². The summed E-state index contributed by atoms with van der Waals surface area (Å²) in [6, 6.07) is 17.4. The van der Waals surface area contributed by atoms with Crippen molar-refractivity contribution in [1.29, 1.82) is 0 Å². The van der Waals surface area contributed by atoms with E-state index in [1.807, 2.05) is 36.4 Å². The molecule has 2 aromatic carbocycles. The Balaban J connectivity index is 2.16. The number of carbonyl (C=O) groups excluding carboxylic acids is 2. The summed E-state index contributed by atoms with van der Waals surface area (Å²) in [7, 11) is 0. The van der Waals surface area contributed by atoms with Gasteiger partial charge in [-0.15, -0.1) is 6.58 Å². The van der Waals surface area contributed by atoms with Crippen molar-refractivity contribution in [1.82, 2.24) is 10.9 Å². The zero-order valence-electron chi connectivity index (χ0n) is 14.1. The summed E-state index contributed by atoms with van der Waals surface area (Å²) in [6.07, 6.45) is 1.67. The Morgan fingerprint density at radius 1 is 1.08 bits per heavy atom. The van der Waals surface area contributed by atoms with Crippen LogP contribution in [0.15, 0.2) is 73.3 Å². The van der Waals surface area contributed by atoms with Gasteiger partial charge in [-0.2, -0.15) is 0 Å². The average molecular weight is 338 g/mol. The third-order valence-electron chi connectivity index (χ3n) is 3.72. The number of hydrazine groups is 1. The van der Waals surface area contributed by atoms with Crippen molar-refractivity contribution in [2.75, 3.05) is 6.61 Å². The van der Waals surface area contributed by atoms with E-state index in [-0.39, 0.29) is 18.4 Å². The predicted molar refractivity (Wildman–Crippen MR) is 96.8 cm³/mol. The molecule has 0 saturated carbocycles. The van der Waals surface area contributed by atoms with Gasteiger partial charge in [-0.1, -0.05) is 54.6 Å². The van der Waals surface area contributed by atoms with Crippen molar-refractivity contribution < 1.29 is 14.3 Å². The zero-order chi connectivity index (χ0) is 18.1. The molecular formula is C20H22N2O3. The van der Waals surface area contributed by atoms with Gasteiger partial charge in [-0.05, 0) is 24.6 Å². The monoisotopic (exact) mass is 338 g/mol. The molecule has 5 nitrogen and oxygen atoms in total. The van der Waals surface area contributed by atoms with Gasteiger partial charge in [0.05, 0.1) is 6.61 Å². The smallest absolute Gasteiger partial charge is 0.325 e. The highest BCUT2D eigenvalue weighted by Crippen LogP contribution is 2.21. The topological polar surface area (TPSA) is 67.4 Å². The molecule has 1 amide bonds. The van der Waals surface area contributed by atoms with E-state index in [4.69, 9.17) is 4.74 Å². The molecule has 2 N–H and O–H groups in total. The predicted octanol–water partition coefficient (Wildman–Crippen LogP) is 2.82. The van der Waals surface area contributed by atoms with Gasteiger partial charge < -0.3 is 4.74 Å². The number of carbonyl (C=O) groups is 2. The Labute approximate surface area is 147 Å². The second-order valence-corrected chi connectivity index (χ2v) is 5.37. The lowest BCUT2D eigenvalue weighted by Crippen LogP contribution is -2.51. The van der Waals surface area contributed by atoms with Crippen LogP contribution in [0.5, 0.6) is 0 Å². The van der Waals surface area contributed by atoms with Gasteiger partial charge in [-0.3, -0.25) is 15.0 Å². The van der Waals surface area contributed by atoms with Gasteiger partial charge in [0, 0.05) is 11.5 Å². The fourth-order valence-corrected chi connectivity index (χ4v) is 2.47. The molecule has 25 heavy (non-hydrogen) atoms. The summed E-state index contributed by atoms with van der Waals surface area (Å²) in [5.41, 5.74) is 6.79. The number of ether oxygens (including phenoxy) is 1. The van der Waals surface area contributed by atoms with E-state index in [0.29, 0.717) is 5.56 Å². The van der Waals surface area contributed by atoms with Gasteiger partial charge in [0.2, 0.25) is 0 Å². The first-order chi connectivity index (χ1) is 12.2. The highest BCUT2D eigenvalue weighted by molar-refractivity contribution is 5.94. The molecule has 2 atom stereocenters. The standard InChI is InChI=1S/C20H22N2O3/c1-3-17(15-11-7-5-8-12-15)18(20(24)25-4-2)21-22-19(23)16-13-9-6-10-14-16/h3,5-14,17-18,21H,1,4H2,2H3,(H,22,23)/t17-,18-/m1/s1. The minimum absolute atomic E-state index is 0.252. The maximum absolute atomic E-state index is 12.4. The first-order valence-electron chi connectivity index (χ1n) is 8.12. The number of hydrogen-bond donors (Lipinski definition) is 2. The highest BCUT2D eigenvalue weighted by atomic mass is 16.5. The maximum Gasteiger partial charge on any atom is 0.325 e. The summed E-state index contributed by atoms with van der Waals surface area (Å²) in [5.74, 6) is -1.13. The molecule has 0 aliphatic rings. The fraction of sp³-hybridized carbons (Fsp3) is 0.200. The van der Waals surface area contributed by atoms with E-state index in [9.17, 15) is 9.59 Å². The van der Waals surface area contributed by atoms with Crippen molar-refractivity contribution in [3.63, 3.8) is 0 Å². The van der Waals surface area contributed by atoms with Crippen LogP contribution in [0.4, 0.5) is 0 Å². The SMILES string of the molecule is C=C[C@H](c1ccccc1)[C@@H](NNC(=O)c1ccccc1)C(=O)OCC. The number of hydrogen-bond acceptors (Lipinski definition) is 4. The first-order valence-corrected chi connectivity index (χ1v) is 8.12. The van der Waals surface area contributed by atoms with Gasteiger partial charge >= 0.3 is 5.97 Å². The maximum atomic E-state index is 12.4. The lowest BCUT2D eigenvalue weighted by atomic mass is 9.92. The summed E-state index contributed by atoms with van der Waals surface area (Å²) < 4.78 is 5.15. The molecule has 2 rings (SSSR count). The molecule has 0 fully saturated rings. The van der Waals surface area contributed by atoms with Crippen molar-refractivity contribution in [2.45, 2.75) is 18.9 Å². The second kappa shape index (κ2) is 9.39. The molecule has 0 spiro atoms. The lowest BCUT2D eigenvalue weighted by Gasteiger charge is -2.24. The lowest BCUT2D eigenvalue weighted by molar-refractivity contribution is -0.146. The molecule has 0 saturated heterocycles. The van der Waals surface area contributed by atoms with Crippen molar-refractivity contribution in [3.05, 3.63) is 84.4 Å². The molecule has 0 bridgehead atoms. The molecule has 0 aliphatic heterocycles. The summed E-state index contributed by atoms with van der Waals surface area (Å²) in [6.45, 7) is 5.82. The minimum Gasteiger partial charge on any atom is -0.465 e. The van der Waals surface area contributed by atoms with Crippen LogP contribution in [0, 0.1) is 0 Å². The van der Waals surface area contributed by atoms with E-state index >= 15 is 0 Å². The Morgan fingerprint density at radius 2 is 1.68 bits per heavy atom. The zero-order valence-corrected chi connectivity index (χ0v) is 14.1. The quantitative estimate of drug-likeness (QED) is 0.441. The third-order valence-corrected chi connectivity index (χ3v) is 3.72. The van der Waals surface area contributed by atoms with E-state index < -0.39 is 12.0 Å². The van der Waals surface area contributed by atoms with Gasteiger partial charge in [-0.25, -0.2) is 5.43 Å². The normalized spacial score (nSPS) is 12.7. The van der Waals surface area contributed by atoms with Crippen molar-refractivity contribution in [3.8, 4) is 0 Å². The summed E-state index contributed by atoms with van der Waals surface area (Å²) >= 11 is 0. The summed E-state index contributed by atoms with van der Waals surface area (Å²) in [5, 5.41) is 0. The van der Waals surface area contributed by atoms with Crippen LogP contribution < -0.4 is 10.9 Å². The van der Waals surface area contributed by atoms with Gasteiger partial charge in [0.15, 0.2) is 0 Å². The summed E-state index contributed by atoms with van der Waals surface area (Å²) in [4.78, 5) is 24.6. The number of nitrogens with one attached hydrogen (secondary N) is 2. The van der Waals surface area contributed by atoms with E-state index in [2.05, 4.69) is 17.4 Å². The molecule has 130 valence electrons. The number of rotatable bonds is 8. The van der Waals surface area contributed by atoms with Crippen molar-refractivity contribution >= 4 is 11.9 Å². The molecule has 2 aromatic rings. The molecular weight excluding hydrogens is 316 g/mol. The number of esters is 1. The van der Waals surface area contributed by atoms with Gasteiger partial charge in [0.1, 0.15) is 6.04 Å². The Kier molecular flexibility index (Phi) is 6.92. The van der Waals surface area contributed by atoms with Crippen LogP contribution in [-0.4, -0.2) is 24.5 Å². The largest absolute Gasteiger partial charge is 0.465 e. The van der Waals surface area contributed by atoms with E-state index in [0.717, 1.165) is 5.56 Å². The Bertz CT molecular complexity index is 701. The average Bonchev–Trinajstić information content (AvgIpc) is 2.66. The van der Waals surface area contributed by atoms with Crippen LogP contribution in [0.3, 0.4) is 0 Å². The highest BCUT2D eigenvalue weighted by Gasteiger charge is 2.29. The molecule has 0 aliphatic carbocycles. The van der Waals surface area contributed by atoms with E-state index in [1.54, 1.807) is 37.3 Å². The third kappa shape index (κ3) is 5.02.